The molecule has 8 heteroatoms. The molecule has 0 fully saturated rings. The first-order valence-corrected chi connectivity index (χ1v) is 7.49. The van der Waals surface area contributed by atoms with Crippen LogP contribution in [0, 0.1) is 6.92 Å². The zero-order valence-electron chi connectivity index (χ0n) is 13.0. The van der Waals surface area contributed by atoms with E-state index < -0.39 is 11.3 Å². The normalized spacial score (nSPS) is 10.6. The summed E-state index contributed by atoms with van der Waals surface area (Å²) in [6.07, 6.45) is 3.12. The standard InChI is InChI=1S/C16H14ClN5O2/c1-10-7-14(23)15(16(24)19-12-8-18-21(2)9-12)20-22(10)13-5-3-11(17)4-6-13/h3-9H,1-2H3,(H,19,24). The van der Waals surface area contributed by atoms with Gasteiger partial charge in [0.15, 0.2) is 5.69 Å². The van der Waals surface area contributed by atoms with Crippen molar-refractivity contribution in [2.24, 2.45) is 7.05 Å². The first kappa shape index (κ1) is 15.9. The van der Waals surface area contributed by atoms with Crippen molar-refractivity contribution in [3.05, 3.63) is 69.4 Å². The first-order valence-electron chi connectivity index (χ1n) is 7.11. The van der Waals surface area contributed by atoms with E-state index >= 15 is 0 Å². The number of rotatable bonds is 3. The number of benzene rings is 1. The van der Waals surface area contributed by atoms with Crippen LogP contribution in [0.15, 0.2) is 47.5 Å². The molecule has 0 bridgehead atoms. The van der Waals surface area contributed by atoms with Crippen LogP contribution in [-0.4, -0.2) is 25.5 Å². The number of aromatic nitrogens is 4. The molecule has 1 aromatic carbocycles. The van der Waals surface area contributed by atoms with Gasteiger partial charge in [-0.05, 0) is 31.2 Å². The Labute approximate surface area is 142 Å². The third kappa shape index (κ3) is 3.21. The number of halogens is 1. The van der Waals surface area contributed by atoms with E-state index in [4.69, 9.17) is 11.6 Å². The molecule has 3 aromatic rings. The lowest BCUT2D eigenvalue weighted by molar-refractivity contribution is 0.101. The summed E-state index contributed by atoms with van der Waals surface area (Å²) in [7, 11) is 1.73. The Morgan fingerprint density at radius 3 is 2.58 bits per heavy atom. The molecule has 2 heterocycles. The zero-order chi connectivity index (χ0) is 17.3. The predicted octanol–water partition coefficient (Wildman–Crippen LogP) is 2.18. The highest BCUT2D eigenvalue weighted by Crippen LogP contribution is 2.14. The number of nitrogens with zero attached hydrogens (tertiary/aromatic N) is 4. The maximum absolute atomic E-state index is 12.3. The maximum Gasteiger partial charge on any atom is 0.280 e. The molecular formula is C16H14ClN5O2. The van der Waals surface area contributed by atoms with Crippen LogP contribution in [0.25, 0.3) is 5.69 Å². The van der Waals surface area contributed by atoms with Gasteiger partial charge in [-0.1, -0.05) is 11.6 Å². The minimum atomic E-state index is -0.587. The second kappa shape index (κ2) is 6.29. The third-order valence-electron chi connectivity index (χ3n) is 3.36. The number of amides is 1. The fraction of sp³-hybridized carbons (Fsp3) is 0.125. The van der Waals surface area contributed by atoms with E-state index in [1.54, 1.807) is 49.1 Å². The second-order valence-electron chi connectivity index (χ2n) is 5.24. The fourth-order valence-electron chi connectivity index (χ4n) is 2.22. The van der Waals surface area contributed by atoms with Gasteiger partial charge in [-0.2, -0.15) is 10.2 Å². The number of carbonyl (C=O) groups is 1. The quantitative estimate of drug-likeness (QED) is 0.790. The van der Waals surface area contributed by atoms with Crippen LogP contribution < -0.4 is 10.7 Å². The smallest absolute Gasteiger partial charge is 0.280 e. The summed E-state index contributed by atoms with van der Waals surface area (Å²) in [4.78, 5) is 24.5. The van der Waals surface area contributed by atoms with Gasteiger partial charge in [-0.15, -0.1) is 0 Å². The van der Waals surface area contributed by atoms with Crippen molar-refractivity contribution in [1.29, 1.82) is 0 Å². The Bertz CT molecular complexity index is 959. The second-order valence-corrected chi connectivity index (χ2v) is 5.68. The van der Waals surface area contributed by atoms with Gasteiger partial charge >= 0.3 is 0 Å². The molecule has 1 N–H and O–H groups in total. The molecule has 0 radical (unpaired) electrons. The summed E-state index contributed by atoms with van der Waals surface area (Å²) in [6.45, 7) is 1.74. The molecule has 3 rings (SSSR count). The Hall–Kier alpha value is -2.93. The summed E-state index contributed by atoms with van der Waals surface area (Å²) in [5.41, 5.74) is 1.16. The van der Waals surface area contributed by atoms with Crippen molar-refractivity contribution in [2.75, 3.05) is 5.32 Å². The number of hydrogen-bond acceptors (Lipinski definition) is 4. The van der Waals surface area contributed by atoms with Crippen molar-refractivity contribution in [3.8, 4) is 5.69 Å². The monoisotopic (exact) mass is 343 g/mol. The summed E-state index contributed by atoms with van der Waals surface area (Å²) in [5.74, 6) is -0.587. The minimum absolute atomic E-state index is 0.195. The molecule has 0 aliphatic heterocycles. The van der Waals surface area contributed by atoms with E-state index in [-0.39, 0.29) is 5.69 Å². The van der Waals surface area contributed by atoms with Crippen LogP contribution in [0.1, 0.15) is 16.2 Å². The lowest BCUT2D eigenvalue weighted by atomic mass is 10.2. The van der Waals surface area contributed by atoms with Crippen LogP contribution in [0.2, 0.25) is 5.02 Å². The summed E-state index contributed by atoms with van der Waals surface area (Å²) < 4.78 is 3.07. The van der Waals surface area contributed by atoms with Crippen LogP contribution in [0.5, 0.6) is 0 Å². The van der Waals surface area contributed by atoms with E-state index in [0.717, 1.165) is 0 Å². The van der Waals surface area contributed by atoms with Gasteiger partial charge in [0.1, 0.15) is 0 Å². The van der Waals surface area contributed by atoms with Crippen molar-refractivity contribution in [1.82, 2.24) is 19.6 Å². The third-order valence-corrected chi connectivity index (χ3v) is 3.61. The molecule has 7 nitrogen and oxygen atoms in total. The Morgan fingerprint density at radius 1 is 1.25 bits per heavy atom. The molecule has 1 amide bonds. The van der Waals surface area contributed by atoms with Crippen LogP contribution in [0.4, 0.5) is 5.69 Å². The molecule has 0 aliphatic carbocycles. The van der Waals surface area contributed by atoms with Gasteiger partial charge in [0.2, 0.25) is 5.43 Å². The molecule has 0 atom stereocenters. The van der Waals surface area contributed by atoms with Gasteiger partial charge in [-0.25, -0.2) is 4.68 Å². The summed E-state index contributed by atoms with van der Waals surface area (Å²) >= 11 is 5.89. The van der Waals surface area contributed by atoms with Gasteiger partial charge in [0, 0.05) is 30.0 Å². The van der Waals surface area contributed by atoms with Crippen LogP contribution in [0.3, 0.4) is 0 Å². The van der Waals surface area contributed by atoms with Crippen LogP contribution in [-0.2, 0) is 7.05 Å². The van der Waals surface area contributed by atoms with Gasteiger partial charge in [0.05, 0.1) is 17.6 Å². The van der Waals surface area contributed by atoms with E-state index in [1.807, 2.05) is 0 Å². The predicted molar refractivity (Wildman–Crippen MR) is 90.7 cm³/mol. The number of anilines is 1. The van der Waals surface area contributed by atoms with Crippen molar-refractivity contribution in [3.63, 3.8) is 0 Å². The van der Waals surface area contributed by atoms with Gasteiger partial charge < -0.3 is 5.32 Å². The summed E-state index contributed by atoms with van der Waals surface area (Å²) in [6, 6.07) is 8.32. The molecule has 122 valence electrons. The van der Waals surface area contributed by atoms with E-state index in [1.165, 1.54) is 16.9 Å². The Kier molecular flexibility index (Phi) is 4.18. The molecule has 24 heavy (non-hydrogen) atoms. The minimum Gasteiger partial charge on any atom is -0.318 e. The molecule has 0 saturated heterocycles. The number of carbonyl (C=O) groups excluding carboxylic acids is 1. The van der Waals surface area contributed by atoms with Crippen LogP contribution >= 0.6 is 11.6 Å². The lowest BCUT2D eigenvalue weighted by Gasteiger charge is -2.11. The van der Waals surface area contributed by atoms with Crippen molar-refractivity contribution in [2.45, 2.75) is 6.92 Å². The average molecular weight is 344 g/mol. The largest absolute Gasteiger partial charge is 0.318 e. The maximum atomic E-state index is 12.3. The first-order chi connectivity index (χ1) is 11.4. The van der Waals surface area contributed by atoms with Crippen molar-refractivity contribution >= 4 is 23.2 Å². The highest BCUT2D eigenvalue weighted by Gasteiger charge is 2.16. The number of hydrogen-bond donors (Lipinski definition) is 1. The van der Waals surface area contributed by atoms with Gasteiger partial charge in [0.25, 0.3) is 5.91 Å². The number of aryl methyl sites for hydroxylation is 2. The van der Waals surface area contributed by atoms with Gasteiger partial charge in [-0.3, -0.25) is 14.3 Å². The molecule has 0 spiro atoms. The topological polar surface area (TPSA) is 81.8 Å². The lowest BCUT2D eigenvalue weighted by Crippen LogP contribution is -2.26. The Balaban J connectivity index is 1.99. The van der Waals surface area contributed by atoms with Crippen molar-refractivity contribution < 1.29 is 4.79 Å². The fourth-order valence-corrected chi connectivity index (χ4v) is 2.35. The Morgan fingerprint density at radius 2 is 1.96 bits per heavy atom. The zero-order valence-corrected chi connectivity index (χ0v) is 13.8. The van der Waals surface area contributed by atoms with E-state index in [9.17, 15) is 9.59 Å². The highest BCUT2D eigenvalue weighted by molar-refractivity contribution is 6.30. The van der Waals surface area contributed by atoms with E-state index in [2.05, 4.69) is 15.5 Å². The molecule has 2 aromatic heterocycles. The molecular weight excluding hydrogens is 330 g/mol. The van der Waals surface area contributed by atoms with E-state index in [0.29, 0.717) is 22.1 Å². The average Bonchev–Trinajstić information content (AvgIpc) is 2.93. The highest BCUT2D eigenvalue weighted by atomic mass is 35.5. The number of nitrogens with one attached hydrogen (secondary N) is 1. The molecule has 0 saturated carbocycles. The summed E-state index contributed by atoms with van der Waals surface area (Å²) in [5, 5.41) is 11.4. The molecule has 0 aliphatic rings. The SMILES string of the molecule is Cc1cc(=O)c(C(=O)Nc2cnn(C)c2)nn1-c1ccc(Cl)cc1. The molecule has 0 unspecified atom stereocenters.